The first-order valence-corrected chi connectivity index (χ1v) is 9.49. The Kier molecular flexibility index (Phi) is 10.1. The summed E-state index contributed by atoms with van der Waals surface area (Å²) in [5, 5.41) is 7.87. The largest absolute Gasteiger partial charge is 0.355 e. The maximum atomic E-state index is 4.55. The summed E-state index contributed by atoms with van der Waals surface area (Å²) >= 11 is 1.75. The van der Waals surface area contributed by atoms with E-state index in [4.69, 9.17) is 0 Å². The highest BCUT2D eigenvalue weighted by atomic mass is 127. The molecule has 0 radical (unpaired) electrons. The second-order valence-electron chi connectivity index (χ2n) is 6.37. The molecule has 5 nitrogen and oxygen atoms in total. The molecule has 0 bridgehead atoms. The van der Waals surface area contributed by atoms with Gasteiger partial charge in [0, 0.05) is 31.1 Å². The summed E-state index contributed by atoms with van der Waals surface area (Å²) in [7, 11) is 4.06. The molecule has 1 aliphatic carbocycles. The van der Waals surface area contributed by atoms with E-state index in [1.54, 1.807) is 11.3 Å². The summed E-state index contributed by atoms with van der Waals surface area (Å²) in [6.45, 7) is 6.88. The SMILES string of the molecule is CN=C(NCCN(C)C1CCCCC1)NCc1nc(C)c(C)s1.I. The van der Waals surface area contributed by atoms with Crippen molar-refractivity contribution in [2.45, 2.75) is 58.5 Å². The van der Waals surface area contributed by atoms with Gasteiger partial charge in [-0.2, -0.15) is 0 Å². The number of rotatable bonds is 6. The van der Waals surface area contributed by atoms with Gasteiger partial charge in [0.05, 0.1) is 12.2 Å². The van der Waals surface area contributed by atoms with Gasteiger partial charge in [-0.15, -0.1) is 35.3 Å². The molecule has 0 amide bonds. The minimum Gasteiger partial charge on any atom is -0.355 e. The Hall–Kier alpha value is -0.410. The van der Waals surface area contributed by atoms with Crippen LogP contribution in [0.5, 0.6) is 0 Å². The maximum absolute atomic E-state index is 4.55. The number of hydrogen-bond donors (Lipinski definition) is 2. The van der Waals surface area contributed by atoms with Crippen LogP contribution in [0.25, 0.3) is 0 Å². The maximum Gasteiger partial charge on any atom is 0.191 e. The molecule has 24 heavy (non-hydrogen) atoms. The second kappa shape index (κ2) is 11.3. The zero-order valence-corrected chi connectivity index (χ0v) is 18.5. The number of aromatic nitrogens is 1. The van der Waals surface area contributed by atoms with Crippen molar-refractivity contribution >= 4 is 41.3 Å². The molecule has 0 unspecified atom stereocenters. The number of aliphatic imine (C=N–C) groups is 1. The summed E-state index contributed by atoms with van der Waals surface area (Å²) in [4.78, 5) is 12.6. The van der Waals surface area contributed by atoms with E-state index in [0.29, 0.717) is 0 Å². The van der Waals surface area contributed by atoms with E-state index in [9.17, 15) is 0 Å². The Morgan fingerprint density at radius 3 is 2.54 bits per heavy atom. The Morgan fingerprint density at radius 2 is 1.96 bits per heavy atom. The fourth-order valence-electron chi connectivity index (χ4n) is 3.05. The molecule has 1 aliphatic rings. The van der Waals surface area contributed by atoms with E-state index in [0.717, 1.165) is 42.3 Å². The number of hydrogen-bond acceptors (Lipinski definition) is 4. The van der Waals surface area contributed by atoms with Crippen LogP contribution in [0, 0.1) is 13.8 Å². The monoisotopic (exact) mass is 465 g/mol. The van der Waals surface area contributed by atoms with Gasteiger partial charge in [0.2, 0.25) is 0 Å². The van der Waals surface area contributed by atoms with E-state index >= 15 is 0 Å². The fraction of sp³-hybridized carbons (Fsp3) is 0.765. The number of nitrogens with one attached hydrogen (secondary N) is 2. The highest BCUT2D eigenvalue weighted by Crippen LogP contribution is 2.21. The Bertz CT molecular complexity index is 492. The van der Waals surface area contributed by atoms with Gasteiger partial charge >= 0.3 is 0 Å². The minimum absolute atomic E-state index is 0. The van der Waals surface area contributed by atoms with Crippen LogP contribution in [0.1, 0.15) is 47.7 Å². The molecule has 1 heterocycles. The van der Waals surface area contributed by atoms with Gasteiger partial charge in [-0.3, -0.25) is 4.99 Å². The molecule has 1 saturated carbocycles. The summed E-state index contributed by atoms with van der Waals surface area (Å²) < 4.78 is 0. The highest BCUT2D eigenvalue weighted by Gasteiger charge is 2.17. The highest BCUT2D eigenvalue weighted by molar-refractivity contribution is 14.0. The van der Waals surface area contributed by atoms with Crippen molar-refractivity contribution in [3.63, 3.8) is 0 Å². The predicted octanol–water partition coefficient (Wildman–Crippen LogP) is 3.31. The third-order valence-corrected chi connectivity index (χ3v) is 5.73. The Balaban J connectivity index is 0.00000288. The normalized spacial score (nSPS) is 16.1. The van der Waals surface area contributed by atoms with Crippen LogP contribution in [0.3, 0.4) is 0 Å². The van der Waals surface area contributed by atoms with E-state index in [1.165, 1.54) is 37.0 Å². The van der Waals surface area contributed by atoms with Gasteiger partial charge in [-0.25, -0.2) is 4.98 Å². The zero-order valence-electron chi connectivity index (χ0n) is 15.4. The second-order valence-corrected chi connectivity index (χ2v) is 7.66. The third-order valence-electron chi connectivity index (χ3n) is 4.66. The molecular weight excluding hydrogens is 433 g/mol. The van der Waals surface area contributed by atoms with Crippen LogP contribution in [-0.2, 0) is 6.54 Å². The minimum atomic E-state index is 0. The molecule has 0 atom stereocenters. The van der Waals surface area contributed by atoms with Gasteiger partial charge < -0.3 is 15.5 Å². The van der Waals surface area contributed by atoms with Crippen molar-refractivity contribution in [2.75, 3.05) is 27.2 Å². The lowest BCUT2D eigenvalue weighted by molar-refractivity contribution is 0.194. The first-order chi connectivity index (χ1) is 11.1. The lowest BCUT2D eigenvalue weighted by Gasteiger charge is -2.31. The molecule has 138 valence electrons. The lowest BCUT2D eigenvalue weighted by Crippen LogP contribution is -2.43. The molecule has 0 spiro atoms. The lowest BCUT2D eigenvalue weighted by atomic mass is 9.94. The van der Waals surface area contributed by atoms with Crippen LogP contribution < -0.4 is 10.6 Å². The Labute approximate surface area is 167 Å². The molecule has 0 aromatic carbocycles. The number of likely N-dealkylation sites (N-methyl/N-ethyl adjacent to an activating group) is 1. The molecule has 2 rings (SSSR count). The van der Waals surface area contributed by atoms with E-state index in [2.05, 4.69) is 46.4 Å². The quantitative estimate of drug-likeness (QED) is 0.385. The van der Waals surface area contributed by atoms with Gasteiger partial charge in [0.25, 0.3) is 0 Å². The fourth-order valence-corrected chi connectivity index (χ4v) is 3.92. The van der Waals surface area contributed by atoms with Gasteiger partial charge in [0.15, 0.2) is 5.96 Å². The molecular formula is C17H32IN5S. The number of guanidine groups is 1. The molecule has 1 fully saturated rings. The molecule has 0 aliphatic heterocycles. The van der Waals surface area contributed by atoms with E-state index in [1.807, 2.05) is 7.05 Å². The van der Waals surface area contributed by atoms with Crippen molar-refractivity contribution < 1.29 is 0 Å². The van der Waals surface area contributed by atoms with Crippen LogP contribution in [0.4, 0.5) is 0 Å². The Morgan fingerprint density at radius 1 is 1.25 bits per heavy atom. The number of halogens is 1. The molecule has 7 heteroatoms. The van der Waals surface area contributed by atoms with Crippen molar-refractivity contribution in [3.8, 4) is 0 Å². The molecule has 0 saturated heterocycles. The first kappa shape index (κ1) is 21.6. The van der Waals surface area contributed by atoms with Crippen LogP contribution in [-0.4, -0.2) is 49.1 Å². The molecule has 2 N–H and O–H groups in total. The first-order valence-electron chi connectivity index (χ1n) is 8.68. The van der Waals surface area contributed by atoms with Gasteiger partial charge in [-0.05, 0) is 33.7 Å². The summed E-state index contributed by atoms with van der Waals surface area (Å²) in [5.74, 6) is 0.854. The molecule has 1 aromatic heterocycles. The average Bonchev–Trinajstić information content (AvgIpc) is 2.89. The van der Waals surface area contributed by atoms with Crippen LogP contribution >= 0.6 is 35.3 Å². The van der Waals surface area contributed by atoms with Crippen LogP contribution in [0.2, 0.25) is 0 Å². The number of thiazole rings is 1. The standard InChI is InChI=1S/C17H31N5S.HI/c1-13-14(2)23-16(21-13)12-20-17(18-3)19-10-11-22(4)15-8-6-5-7-9-15;/h15H,5-12H2,1-4H3,(H2,18,19,20);1H. The number of aryl methyl sites for hydroxylation is 2. The van der Waals surface area contributed by atoms with Crippen molar-refractivity contribution in [3.05, 3.63) is 15.6 Å². The van der Waals surface area contributed by atoms with Gasteiger partial charge in [0.1, 0.15) is 5.01 Å². The predicted molar refractivity (Wildman–Crippen MR) is 115 cm³/mol. The topological polar surface area (TPSA) is 52.6 Å². The summed E-state index contributed by atoms with van der Waals surface area (Å²) in [5.41, 5.74) is 1.13. The summed E-state index contributed by atoms with van der Waals surface area (Å²) in [6, 6.07) is 0.766. The van der Waals surface area contributed by atoms with E-state index in [-0.39, 0.29) is 24.0 Å². The van der Waals surface area contributed by atoms with Crippen molar-refractivity contribution in [1.29, 1.82) is 0 Å². The van der Waals surface area contributed by atoms with Crippen molar-refractivity contribution in [1.82, 2.24) is 20.5 Å². The van der Waals surface area contributed by atoms with Crippen LogP contribution in [0.15, 0.2) is 4.99 Å². The third kappa shape index (κ3) is 6.84. The van der Waals surface area contributed by atoms with E-state index < -0.39 is 0 Å². The average molecular weight is 465 g/mol. The van der Waals surface area contributed by atoms with Gasteiger partial charge in [-0.1, -0.05) is 19.3 Å². The number of nitrogens with zero attached hydrogens (tertiary/aromatic N) is 3. The molecule has 1 aromatic rings. The van der Waals surface area contributed by atoms with Crippen molar-refractivity contribution in [2.24, 2.45) is 4.99 Å². The summed E-state index contributed by atoms with van der Waals surface area (Å²) in [6.07, 6.45) is 6.89. The smallest absolute Gasteiger partial charge is 0.191 e. The zero-order chi connectivity index (χ0) is 16.7.